The van der Waals surface area contributed by atoms with Crippen LogP contribution in [0.25, 0.3) is 0 Å². The molecule has 0 aliphatic heterocycles. The molecule has 1 rings (SSSR count). The molecule has 6 nitrogen and oxygen atoms in total. The maximum Gasteiger partial charge on any atom is 0.321 e. The fourth-order valence-corrected chi connectivity index (χ4v) is 3.74. The van der Waals surface area contributed by atoms with Crippen molar-refractivity contribution < 1.29 is 17.9 Å². The van der Waals surface area contributed by atoms with Crippen LogP contribution in [0.4, 0.5) is 5.69 Å². The smallest absolute Gasteiger partial charge is 0.321 e. The fraction of sp³-hybridized carbons (Fsp3) is 0.364. The topological polar surface area (TPSA) is 89.7 Å². The van der Waals surface area contributed by atoms with Crippen molar-refractivity contribution >= 4 is 44.9 Å². The molecule has 0 heterocycles. The Hall–Kier alpha value is -1.02. The van der Waals surface area contributed by atoms with Gasteiger partial charge in [-0.05, 0) is 19.1 Å². The van der Waals surface area contributed by atoms with E-state index in [0.717, 1.165) is 4.31 Å². The highest BCUT2D eigenvalue weighted by Crippen LogP contribution is 2.33. The number of hydrogen-bond donors (Lipinski definition) is 1. The molecule has 0 radical (unpaired) electrons. The minimum Gasteiger partial charge on any atom is -0.465 e. The zero-order chi connectivity index (χ0) is 15.5. The summed E-state index contributed by atoms with van der Waals surface area (Å²) in [5.74, 6) is -0.665. The molecule has 1 aromatic carbocycles. The first kappa shape index (κ1) is 17.0. The van der Waals surface area contributed by atoms with Gasteiger partial charge in [0.15, 0.2) is 0 Å². The van der Waals surface area contributed by atoms with Crippen LogP contribution in [0.5, 0.6) is 0 Å². The minimum absolute atomic E-state index is 0.106. The molecule has 0 saturated carbocycles. The van der Waals surface area contributed by atoms with E-state index < -0.39 is 22.5 Å². The lowest BCUT2D eigenvalue weighted by Crippen LogP contribution is -2.33. The summed E-state index contributed by atoms with van der Waals surface area (Å²) in [4.78, 5) is 11.1. The lowest BCUT2D eigenvalue weighted by molar-refractivity contribution is -0.143. The maximum atomic E-state index is 12.3. The Kier molecular flexibility index (Phi) is 5.64. The van der Waals surface area contributed by atoms with E-state index in [9.17, 15) is 13.2 Å². The van der Waals surface area contributed by atoms with Crippen LogP contribution in [0, 0.1) is 0 Å². The molecular weight excluding hydrogens is 327 g/mol. The van der Waals surface area contributed by atoms with E-state index in [4.69, 9.17) is 33.7 Å². The number of carbonyl (C=O) groups excluding carboxylic acids is 1. The average Bonchev–Trinajstić information content (AvgIpc) is 2.26. The van der Waals surface area contributed by atoms with Crippen LogP contribution < -0.4 is 5.73 Å². The van der Waals surface area contributed by atoms with Gasteiger partial charge in [0.2, 0.25) is 10.0 Å². The molecule has 1 aromatic rings. The van der Waals surface area contributed by atoms with Gasteiger partial charge in [-0.3, -0.25) is 4.79 Å². The first-order chi connectivity index (χ1) is 9.20. The predicted molar refractivity (Wildman–Crippen MR) is 77.3 cm³/mol. The Bertz CT molecular complexity index is 596. The van der Waals surface area contributed by atoms with Gasteiger partial charge in [0, 0.05) is 12.7 Å². The number of esters is 1. The monoisotopic (exact) mass is 340 g/mol. The van der Waals surface area contributed by atoms with Gasteiger partial charge in [-0.2, -0.15) is 4.31 Å². The molecule has 0 saturated heterocycles. The highest BCUT2D eigenvalue weighted by Gasteiger charge is 2.28. The maximum absolute atomic E-state index is 12.3. The van der Waals surface area contributed by atoms with E-state index in [1.54, 1.807) is 6.92 Å². The molecule has 0 unspecified atom stereocenters. The summed E-state index contributed by atoms with van der Waals surface area (Å²) < 4.78 is 30.2. The lowest BCUT2D eigenvalue weighted by atomic mass is 10.3. The minimum atomic E-state index is -4.02. The third kappa shape index (κ3) is 3.76. The zero-order valence-electron chi connectivity index (χ0n) is 10.9. The van der Waals surface area contributed by atoms with Gasteiger partial charge in [0.1, 0.15) is 11.4 Å². The standard InChI is InChI=1S/C11H14Cl2N2O4S/c1-3-19-10(16)6-15(2)20(17,18)11-8(12)4-7(14)5-9(11)13/h4-5H,3,6,14H2,1-2H3. The number of benzene rings is 1. The van der Waals surface area contributed by atoms with Crippen molar-refractivity contribution in [1.82, 2.24) is 4.31 Å². The Morgan fingerprint density at radius 3 is 2.30 bits per heavy atom. The second-order valence-electron chi connectivity index (χ2n) is 3.88. The molecule has 0 aromatic heterocycles. The van der Waals surface area contributed by atoms with E-state index in [1.165, 1.54) is 19.2 Å². The summed E-state index contributed by atoms with van der Waals surface area (Å²) >= 11 is 11.7. The lowest BCUT2D eigenvalue weighted by Gasteiger charge is -2.18. The second-order valence-corrected chi connectivity index (χ2v) is 6.68. The molecule has 0 atom stereocenters. The number of nitrogens with zero attached hydrogens (tertiary/aromatic N) is 1. The highest BCUT2D eigenvalue weighted by molar-refractivity contribution is 7.89. The van der Waals surface area contributed by atoms with Crippen LogP contribution in [0.15, 0.2) is 17.0 Å². The average molecular weight is 341 g/mol. The third-order valence-electron chi connectivity index (χ3n) is 2.35. The molecule has 0 aliphatic carbocycles. The molecule has 112 valence electrons. The van der Waals surface area contributed by atoms with E-state index in [1.807, 2.05) is 0 Å². The van der Waals surface area contributed by atoms with Crippen LogP contribution in [0.1, 0.15) is 6.92 Å². The zero-order valence-corrected chi connectivity index (χ0v) is 13.2. The summed E-state index contributed by atoms with van der Waals surface area (Å²) in [7, 11) is -2.79. The van der Waals surface area contributed by atoms with E-state index in [2.05, 4.69) is 0 Å². The highest BCUT2D eigenvalue weighted by atomic mass is 35.5. The number of ether oxygens (including phenoxy) is 1. The first-order valence-corrected chi connectivity index (χ1v) is 7.76. The summed E-state index contributed by atoms with van der Waals surface area (Å²) in [5, 5.41) is -0.212. The van der Waals surface area contributed by atoms with Gasteiger partial charge >= 0.3 is 5.97 Å². The first-order valence-electron chi connectivity index (χ1n) is 5.56. The van der Waals surface area contributed by atoms with Gasteiger partial charge in [0.05, 0.1) is 16.7 Å². The van der Waals surface area contributed by atoms with Crippen molar-refractivity contribution in [2.45, 2.75) is 11.8 Å². The van der Waals surface area contributed by atoms with Crippen LogP contribution in [0.3, 0.4) is 0 Å². The van der Waals surface area contributed by atoms with E-state index >= 15 is 0 Å². The summed E-state index contributed by atoms with van der Waals surface area (Å²) in [6.45, 7) is 1.35. The van der Waals surface area contributed by atoms with Crippen molar-refractivity contribution in [2.24, 2.45) is 0 Å². The quantitative estimate of drug-likeness (QED) is 0.651. The number of carbonyl (C=O) groups is 1. The number of hydrogen-bond acceptors (Lipinski definition) is 5. The van der Waals surface area contributed by atoms with E-state index in [0.29, 0.717) is 0 Å². The van der Waals surface area contributed by atoms with Crippen LogP contribution in [-0.2, 0) is 19.6 Å². The Morgan fingerprint density at radius 2 is 1.85 bits per heavy atom. The number of anilines is 1. The predicted octanol–water partition coefficient (Wildman–Crippen LogP) is 1.76. The Balaban J connectivity index is 3.14. The van der Waals surface area contributed by atoms with Crippen molar-refractivity contribution in [2.75, 3.05) is 25.9 Å². The molecular formula is C11H14Cl2N2O4S. The normalized spacial score (nSPS) is 11.7. The summed E-state index contributed by atoms with van der Waals surface area (Å²) in [5.41, 5.74) is 5.76. The molecule has 0 bridgehead atoms. The molecule has 0 amide bonds. The second kappa shape index (κ2) is 6.62. The number of likely N-dealkylation sites (N-methyl/N-ethyl adjacent to an activating group) is 1. The van der Waals surface area contributed by atoms with Gasteiger partial charge in [0.25, 0.3) is 0 Å². The third-order valence-corrected chi connectivity index (χ3v) is 5.07. The molecule has 2 N–H and O–H groups in total. The van der Waals surface area contributed by atoms with E-state index in [-0.39, 0.29) is 27.2 Å². The number of rotatable bonds is 5. The molecule has 20 heavy (non-hydrogen) atoms. The van der Waals surface area contributed by atoms with Crippen molar-refractivity contribution in [3.63, 3.8) is 0 Å². The van der Waals surface area contributed by atoms with Gasteiger partial charge < -0.3 is 10.5 Å². The van der Waals surface area contributed by atoms with Crippen LogP contribution in [0.2, 0.25) is 10.0 Å². The van der Waals surface area contributed by atoms with Crippen LogP contribution in [-0.4, -0.2) is 38.9 Å². The van der Waals surface area contributed by atoms with Gasteiger partial charge in [-0.25, -0.2) is 8.42 Å². The molecule has 0 aliphatic rings. The van der Waals surface area contributed by atoms with Gasteiger partial charge in [-0.15, -0.1) is 0 Å². The van der Waals surface area contributed by atoms with Gasteiger partial charge in [-0.1, -0.05) is 23.2 Å². The Morgan fingerprint density at radius 1 is 1.35 bits per heavy atom. The van der Waals surface area contributed by atoms with Crippen molar-refractivity contribution in [3.8, 4) is 0 Å². The van der Waals surface area contributed by atoms with Crippen molar-refractivity contribution in [1.29, 1.82) is 0 Å². The van der Waals surface area contributed by atoms with Crippen molar-refractivity contribution in [3.05, 3.63) is 22.2 Å². The molecule has 0 spiro atoms. The van der Waals surface area contributed by atoms with Crippen LogP contribution >= 0.6 is 23.2 Å². The number of nitrogen functional groups attached to an aromatic ring is 1. The number of halogens is 2. The SMILES string of the molecule is CCOC(=O)CN(C)S(=O)(=O)c1c(Cl)cc(N)cc1Cl. The summed E-state index contributed by atoms with van der Waals surface area (Å²) in [6, 6.07) is 2.55. The Labute approximate surface area is 127 Å². The fourth-order valence-electron chi connectivity index (χ4n) is 1.46. The number of nitrogens with two attached hydrogens (primary N) is 1. The largest absolute Gasteiger partial charge is 0.465 e. The molecule has 9 heteroatoms. The molecule has 0 fully saturated rings. The summed E-state index contributed by atoms with van der Waals surface area (Å²) in [6.07, 6.45) is 0. The number of sulfonamides is 1.